The van der Waals surface area contributed by atoms with Gasteiger partial charge in [0.15, 0.2) is 0 Å². The number of halogens is 3. The molecule has 1 aromatic heterocycles. The van der Waals surface area contributed by atoms with Crippen LogP contribution in [0.4, 0.5) is 11.4 Å². The van der Waals surface area contributed by atoms with E-state index >= 15 is 0 Å². The van der Waals surface area contributed by atoms with Gasteiger partial charge in [0.1, 0.15) is 22.4 Å². The summed E-state index contributed by atoms with van der Waals surface area (Å²) in [5, 5.41) is 12.8. The van der Waals surface area contributed by atoms with E-state index in [1.807, 2.05) is 0 Å². The van der Waals surface area contributed by atoms with E-state index in [9.17, 15) is 18.3 Å². The number of anilines is 2. The zero-order valence-corrected chi connectivity index (χ0v) is 21.1. The monoisotopic (exact) mass is 557 g/mol. The van der Waals surface area contributed by atoms with Gasteiger partial charge >= 0.3 is 0 Å². The molecule has 1 aliphatic rings. The van der Waals surface area contributed by atoms with Crippen LogP contribution < -0.4 is 19.1 Å². The minimum atomic E-state index is -4.26. The summed E-state index contributed by atoms with van der Waals surface area (Å²) in [6.45, 7) is -0.680. The lowest BCUT2D eigenvalue weighted by Gasteiger charge is -2.34. The Morgan fingerprint density at radius 2 is 1.94 bits per heavy atom. The molecule has 0 aliphatic carbocycles. The molecule has 0 fully saturated rings. The Hall–Kier alpha value is -2.76. The molecule has 0 saturated heterocycles. The van der Waals surface area contributed by atoms with Gasteiger partial charge in [-0.15, -0.1) is 0 Å². The molecule has 184 valence electrons. The zero-order chi connectivity index (χ0) is 25.3. The van der Waals surface area contributed by atoms with Crippen molar-refractivity contribution in [3.63, 3.8) is 0 Å². The number of sulfonamides is 1. The van der Waals surface area contributed by atoms with E-state index in [4.69, 9.17) is 44.3 Å². The average molecular weight is 559 g/mol. The number of hydrogen-bond donors (Lipinski definition) is 2. The van der Waals surface area contributed by atoms with Crippen molar-refractivity contribution >= 4 is 62.1 Å². The first kappa shape index (κ1) is 25.3. The Morgan fingerprint density at radius 1 is 1.23 bits per heavy atom. The van der Waals surface area contributed by atoms with Gasteiger partial charge in [-0.25, -0.2) is 13.4 Å². The van der Waals surface area contributed by atoms with E-state index in [1.165, 1.54) is 49.7 Å². The molecule has 0 unspecified atom stereocenters. The number of benzene rings is 2. The maximum absolute atomic E-state index is 13.7. The molecule has 1 atom stereocenters. The van der Waals surface area contributed by atoms with E-state index in [0.29, 0.717) is 0 Å². The van der Waals surface area contributed by atoms with Crippen molar-refractivity contribution in [1.82, 2.24) is 4.98 Å². The van der Waals surface area contributed by atoms with Crippen molar-refractivity contribution in [2.24, 2.45) is 0 Å². The van der Waals surface area contributed by atoms with Crippen LogP contribution >= 0.6 is 34.8 Å². The van der Waals surface area contributed by atoms with E-state index in [0.717, 1.165) is 4.31 Å². The summed E-state index contributed by atoms with van der Waals surface area (Å²) in [4.78, 5) is 16.8. The first-order chi connectivity index (χ1) is 16.6. The third kappa shape index (κ3) is 4.98. The van der Waals surface area contributed by atoms with Crippen LogP contribution in [0.1, 0.15) is 10.4 Å². The third-order valence-corrected chi connectivity index (χ3v) is 7.76. The number of carbonyl (C=O) groups excluding carboxylic acids is 1. The molecule has 1 aliphatic heterocycles. The summed E-state index contributed by atoms with van der Waals surface area (Å²) in [6, 6.07) is 10.2. The SMILES string of the molecule is COc1ccc(Cl)cc1S(=O)(=O)N1C[C@H](CO)Oc2ncc(NC(=O)c3c(Cl)cccc3Cl)cc21. The Kier molecular flexibility index (Phi) is 7.30. The molecule has 1 amide bonds. The Labute approximate surface area is 216 Å². The Bertz CT molecular complexity index is 1380. The van der Waals surface area contributed by atoms with E-state index in [-0.39, 0.29) is 55.1 Å². The van der Waals surface area contributed by atoms with Gasteiger partial charge in [-0.3, -0.25) is 9.10 Å². The fourth-order valence-corrected chi connectivity index (χ4v) is 5.94. The number of nitrogens with zero attached hydrogens (tertiary/aromatic N) is 2. The number of aliphatic hydroxyl groups is 1. The second-order valence-corrected chi connectivity index (χ2v) is 10.4. The maximum Gasteiger partial charge on any atom is 0.268 e. The topological polar surface area (TPSA) is 118 Å². The van der Waals surface area contributed by atoms with Gasteiger partial charge < -0.3 is 19.9 Å². The lowest BCUT2D eigenvalue weighted by Crippen LogP contribution is -2.45. The summed E-state index contributed by atoms with van der Waals surface area (Å²) < 4.78 is 39.2. The second-order valence-electron chi connectivity index (χ2n) is 7.35. The summed E-state index contributed by atoms with van der Waals surface area (Å²) in [5.41, 5.74) is 0.257. The van der Waals surface area contributed by atoms with Crippen molar-refractivity contribution in [2.45, 2.75) is 11.0 Å². The van der Waals surface area contributed by atoms with Crippen LogP contribution in [0, 0.1) is 0 Å². The van der Waals surface area contributed by atoms with Crippen LogP contribution in [0.15, 0.2) is 53.6 Å². The number of aliphatic hydroxyl groups excluding tert-OH is 1. The van der Waals surface area contributed by atoms with Crippen LogP contribution in [-0.4, -0.2) is 50.8 Å². The summed E-state index contributed by atoms with van der Waals surface area (Å²) >= 11 is 18.3. The van der Waals surface area contributed by atoms with Gasteiger partial charge in [0.2, 0.25) is 5.88 Å². The van der Waals surface area contributed by atoms with Crippen LogP contribution in [0.2, 0.25) is 15.1 Å². The van der Waals surface area contributed by atoms with Crippen LogP contribution in [0.3, 0.4) is 0 Å². The second kappa shape index (κ2) is 10.1. The number of nitrogens with one attached hydrogen (secondary N) is 1. The Balaban J connectivity index is 1.76. The molecular weight excluding hydrogens is 541 g/mol. The zero-order valence-electron chi connectivity index (χ0n) is 18.0. The molecule has 0 spiro atoms. The van der Waals surface area contributed by atoms with Gasteiger partial charge in [0, 0.05) is 5.02 Å². The molecule has 0 bridgehead atoms. The largest absolute Gasteiger partial charge is 0.495 e. The molecule has 0 radical (unpaired) electrons. The van der Waals surface area contributed by atoms with Gasteiger partial charge in [-0.1, -0.05) is 40.9 Å². The van der Waals surface area contributed by atoms with E-state index in [2.05, 4.69) is 10.3 Å². The molecule has 2 aromatic carbocycles. The predicted molar refractivity (Wildman–Crippen MR) is 133 cm³/mol. The van der Waals surface area contributed by atoms with Crippen molar-refractivity contribution in [3.8, 4) is 11.6 Å². The van der Waals surface area contributed by atoms with Crippen LogP contribution in [0.25, 0.3) is 0 Å². The fourth-order valence-electron chi connectivity index (χ4n) is 3.46. The highest BCUT2D eigenvalue weighted by Gasteiger charge is 2.37. The van der Waals surface area contributed by atoms with Crippen LogP contribution in [0.5, 0.6) is 11.6 Å². The minimum absolute atomic E-state index is 0.0415. The first-order valence-electron chi connectivity index (χ1n) is 10.0. The smallest absolute Gasteiger partial charge is 0.268 e. The van der Waals surface area contributed by atoms with Gasteiger partial charge in [-0.2, -0.15) is 0 Å². The molecule has 4 rings (SSSR count). The highest BCUT2D eigenvalue weighted by molar-refractivity contribution is 7.93. The number of rotatable bonds is 6. The number of ether oxygens (including phenoxy) is 2. The van der Waals surface area contributed by atoms with Crippen molar-refractivity contribution in [1.29, 1.82) is 0 Å². The molecular formula is C22H18Cl3N3O6S. The van der Waals surface area contributed by atoms with E-state index in [1.54, 1.807) is 6.07 Å². The van der Waals surface area contributed by atoms with Gasteiger partial charge in [0.25, 0.3) is 15.9 Å². The summed E-state index contributed by atoms with van der Waals surface area (Å²) in [6.07, 6.45) is 0.406. The number of amides is 1. The van der Waals surface area contributed by atoms with Gasteiger partial charge in [-0.05, 0) is 36.4 Å². The molecule has 13 heteroatoms. The average Bonchev–Trinajstić information content (AvgIpc) is 2.83. The normalized spacial score (nSPS) is 15.2. The van der Waals surface area contributed by atoms with E-state index < -0.39 is 28.6 Å². The van der Waals surface area contributed by atoms with Crippen molar-refractivity contribution in [3.05, 3.63) is 69.3 Å². The van der Waals surface area contributed by atoms with Crippen molar-refractivity contribution < 1.29 is 27.8 Å². The highest BCUT2D eigenvalue weighted by atomic mass is 35.5. The maximum atomic E-state index is 13.7. The quantitative estimate of drug-likeness (QED) is 0.464. The lowest BCUT2D eigenvalue weighted by atomic mass is 10.2. The standard InChI is InChI=1S/C22H18Cl3N3O6S/c1-33-18-6-5-12(23)7-19(18)35(31,32)28-10-14(11-29)34-22-17(28)8-13(9-26-22)27-21(30)20-15(24)3-2-4-16(20)25/h2-9,14,29H,10-11H2,1H3,(H,27,30)/t14-/m1/s1. The molecule has 9 nitrogen and oxygen atoms in total. The molecule has 2 N–H and O–H groups in total. The molecule has 2 heterocycles. The fraction of sp³-hybridized carbons (Fsp3) is 0.182. The summed E-state index contributed by atoms with van der Waals surface area (Å²) in [5.74, 6) is -0.583. The van der Waals surface area contributed by atoms with Crippen LogP contribution in [-0.2, 0) is 10.0 Å². The van der Waals surface area contributed by atoms with Crippen molar-refractivity contribution in [2.75, 3.05) is 29.9 Å². The third-order valence-electron chi connectivity index (χ3n) is 5.09. The highest BCUT2D eigenvalue weighted by Crippen LogP contribution is 2.39. The number of fused-ring (bicyclic) bond motifs is 1. The number of aromatic nitrogens is 1. The summed E-state index contributed by atoms with van der Waals surface area (Å²) in [7, 11) is -2.92. The van der Waals surface area contributed by atoms with Gasteiger partial charge in [0.05, 0.1) is 47.8 Å². The minimum Gasteiger partial charge on any atom is -0.495 e. The molecule has 3 aromatic rings. The molecule has 35 heavy (non-hydrogen) atoms. The Morgan fingerprint density at radius 3 is 2.60 bits per heavy atom. The number of carbonyl (C=O) groups is 1. The predicted octanol–water partition coefficient (Wildman–Crippen LogP) is 4.25. The molecule has 0 saturated carbocycles. The lowest BCUT2D eigenvalue weighted by molar-refractivity contribution is 0.102. The number of pyridine rings is 1. The number of hydrogen-bond acceptors (Lipinski definition) is 7. The first-order valence-corrected chi connectivity index (χ1v) is 12.6. The number of methoxy groups -OCH3 is 1.